The van der Waals surface area contributed by atoms with Crippen molar-refractivity contribution in [2.45, 2.75) is 0 Å². The average Bonchev–Trinajstić information content (AvgIpc) is 4.08. The van der Waals surface area contributed by atoms with Crippen LogP contribution >= 0.6 is 0 Å². The van der Waals surface area contributed by atoms with E-state index in [9.17, 15) is 0 Å². The van der Waals surface area contributed by atoms with Crippen LogP contribution in [0, 0.1) is 0 Å². The van der Waals surface area contributed by atoms with Gasteiger partial charge in [-0.25, -0.2) is 0 Å². The fourth-order valence-corrected chi connectivity index (χ4v) is 10.6. The largest absolute Gasteiger partial charge is 0.456 e. The highest BCUT2D eigenvalue weighted by Crippen LogP contribution is 2.44. The van der Waals surface area contributed by atoms with Crippen molar-refractivity contribution >= 4 is 88.1 Å². The van der Waals surface area contributed by atoms with E-state index >= 15 is 0 Å². The summed E-state index contributed by atoms with van der Waals surface area (Å²) >= 11 is 0. The third kappa shape index (κ3) is 6.08. The third-order valence-electron chi connectivity index (χ3n) is 13.8. The molecule has 4 heteroatoms. The van der Waals surface area contributed by atoms with Crippen molar-refractivity contribution in [2.75, 3.05) is 4.90 Å². The van der Waals surface area contributed by atoms with Gasteiger partial charge in [0.15, 0.2) is 0 Å². The van der Waals surface area contributed by atoms with Gasteiger partial charge in [-0.1, -0.05) is 164 Å². The molecule has 0 aliphatic carbocycles. The van der Waals surface area contributed by atoms with E-state index in [1.807, 2.05) is 24.3 Å². The van der Waals surface area contributed by atoms with Gasteiger partial charge in [0.2, 0.25) is 0 Å². The minimum Gasteiger partial charge on any atom is -0.456 e. The Balaban J connectivity index is 0.847. The fraction of sp³-hybridized carbons (Fsp3) is 0. The van der Waals surface area contributed by atoms with E-state index in [0.717, 1.165) is 83.2 Å². The smallest absolute Gasteiger partial charge is 0.137 e. The van der Waals surface area contributed by atoms with Crippen LogP contribution in [-0.4, -0.2) is 4.40 Å². The van der Waals surface area contributed by atoms with Gasteiger partial charge < -0.3 is 18.1 Å². The van der Waals surface area contributed by atoms with Gasteiger partial charge in [0.1, 0.15) is 22.3 Å². The van der Waals surface area contributed by atoms with Crippen molar-refractivity contribution in [3.8, 4) is 44.5 Å². The summed E-state index contributed by atoms with van der Waals surface area (Å²) in [5.41, 5.74) is 18.3. The van der Waals surface area contributed by atoms with Crippen LogP contribution in [0.25, 0.3) is 116 Å². The van der Waals surface area contributed by atoms with Crippen LogP contribution in [0.3, 0.4) is 0 Å². The molecule has 14 rings (SSSR count). The molecule has 14 aromatic rings. The molecule has 0 aliphatic heterocycles. The van der Waals surface area contributed by atoms with Gasteiger partial charge in [0.05, 0.1) is 11.0 Å². The molecule has 10 aromatic carbocycles. The second kappa shape index (κ2) is 15.2. The Morgan fingerprint density at radius 1 is 0.294 bits per heavy atom. The minimum atomic E-state index is 0.845. The molecule has 0 N–H and O–H groups in total. The van der Waals surface area contributed by atoms with Crippen LogP contribution in [0.15, 0.2) is 252 Å². The van der Waals surface area contributed by atoms with Crippen LogP contribution in [-0.2, 0) is 0 Å². The monoisotopic (exact) mass is 868 g/mol. The van der Waals surface area contributed by atoms with E-state index in [1.165, 1.54) is 49.4 Å². The zero-order valence-corrected chi connectivity index (χ0v) is 36.8. The number of benzene rings is 10. The van der Waals surface area contributed by atoms with E-state index in [4.69, 9.17) is 8.83 Å². The van der Waals surface area contributed by atoms with Crippen molar-refractivity contribution < 1.29 is 8.83 Å². The highest BCUT2D eigenvalue weighted by atomic mass is 16.3. The number of pyridine rings is 1. The van der Waals surface area contributed by atoms with Crippen LogP contribution in [0.2, 0.25) is 0 Å². The molecule has 318 valence electrons. The SMILES string of the molecule is c1ccc(-c2c3cccc(-c4ccc(-c5cccc(-c6cccc(N(c7ccc8c(c7)oc7ccccc78)c7ccc8c(c7)oc7ccccc78)c6)c5)cc4)c3n3ccc4ccccc4c23)cc1. The Labute approximate surface area is 391 Å². The minimum absolute atomic E-state index is 0.845. The molecule has 0 aliphatic rings. The summed E-state index contributed by atoms with van der Waals surface area (Å²) in [5, 5.41) is 8.14. The first-order valence-corrected chi connectivity index (χ1v) is 23.1. The molecule has 4 nitrogen and oxygen atoms in total. The zero-order chi connectivity index (χ0) is 44.7. The summed E-state index contributed by atoms with van der Waals surface area (Å²) < 4.78 is 15.3. The number of nitrogens with zero attached hydrogens (tertiary/aromatic N) is 2. The summed E-state index contributed by atoms with van der Waals surface area (Å²) in [6.07, 6.45) is 2.24. The summed E-state index contributed by atoms with van der Waals surface area (Å²) in [6.45, 7) is 0. The topological polar surface area (TPSA) is 33.9 Å². The van der Waals surface area contributed by atoms with E-state index in [-0.39, 0.29) is 0 Å². The Bertz CT molecular complexity index is 4160. The summed E-state index contributed by atoms with van der Waals surface area (Å²) in [4.78, 5) is 2.30. The number of furan rings is 2. The van der Waals surface area contributed by atoms with Crippen molar-refractivity contribution in [1.82, 2.24) is 4.40 Å². The van der Waals surface area contributed by atoms with Gasteiger partial charge in [0.25, 0.3) is 0 Å². The van der Waals surface area contributed by atoms with Crippen LogP contribution in [0.1, 0.15) is 0 Å². The second-order valence-corrected chi connectivity index (χ2v) is 17.7. The molecular weight excluding hydrogens is 829 g/mol. The number of aromatic nitrogens is 1. The Hall–Kier alpha value is -9.12. The summed E-state index contributed by atoms with van der Waals surface area (Å²) in [7, 11) is 0. The summed E-state index contributed by atoms with van der Waals surface area (Å²) in [6, 6.07) is 84.7. The standard InChI is InChI=1S/C64H40N2O2/c1-2-14-44(15-3-1)62-57-24-12-23-51(63(57)65-36-35-42-13-4-5-20-52(42)64(62)65)43-29-27-41(28-30-43)45-16-10-17-46(37-45)47-18-11-19-48(38-47)66(49-31-33-55-53-21-6-8-25-58(53)67-60(55)39-49)50-32-34-56-54-22-7-9-26-59(54)68-61(56)40-50/h1-40H. The van der Waals surface area contributed by atoms with Crippen LogP contribution in [0.4, 0.5) is 17.1 Å². The number of para-hydroxylation sites is 3. The molecule has 68 heavy (non-hydrogen) atoms. The quantitative estimate of drug-likeness (QED) is 0.160. The van der Waals surface area contributed by atoms with Crippen molar-refractivity contribution in [3.05, 3.63) is 243 Å². The Morgan fingerprint density at radius 2 is 0.809 bits per heavy atom. The molecule has 0 saturated carbocycles. The molecule has 4 aromatic heterocycles. The molecule has 0 spiro atoms. The lowest BCUT2D eigenvalue weighted by molar-refractivity contribution is 0.669. The second-order valence-electron chi connectivity index (χ2n) is 17.7. The maximum absolute atomic E-state index is 6.43. The highest BCUT2D eigenvalue weighted by molar-refractivity contribution is 6.17. The molecule has 0 bridgehead atoms. The van der Waals surface area contributed by atoms with Crippen molar-refractivity contribution in [1.29, 1.82) is 0 Å². The van der Waals surface area contributed by atoms with Gasteiger partial charge in [-0.15, -0.1) is 0 Å². The molecule has 0 atom stereocenters. The van der Waals surface area contributed by atoms with Gasteiger partial charge >= 0.3 is 0 Å². The van der Waals surface area contributed by atoms with Crippen LogP contribution in [0.5, 0.6) is 0 Å². The average molecular weight is 869 g/mol. The molecular formula is C64H40N2O2. The lowest BCUT2D eigenvalue weighted by Crippen LogP contribution is -2.09. The fourth-order valence-electron chi connectivity index (χ4n) is 10.6. The Kier molecular flexibility index (Phi) is 8.55. The maximum Gasteiger partial charge on any atom is 0.137 e. The first kappa shape index (κ1) is 38.2. The first-order chi connectivity index (χ1) is 33.7. The summed E-state index contributed by atoms with van der Waals surface area (Å²) in [5.74, 6) is 0. The number of rotatable bonds is 7. The van der Waals surface area contributed by atoms with Crippen molar-refractivity contribution in [2.24, 2.45) is 0 Å². The number of hydrogen-bond acceptors (Lipinski definition) is 3. The van der Waals surface area contributed by atoms with Crippen molar-refractivity contribution in [3.63, 3.8) is 0 Å². The molecule has 0 unspecified atom stereocenters. The number of fused-ring (bicyclic) bond motifs is 11. The van der Waals surface area contributed by atoms with Gasteiger partial charge in [-0.2, -0.15) is 0 Å². The zero-order valence-electron chi connectivity index (χ0n) is 36.8. The van der Waals surface area contributed by atoms with E-state index < -0.39 is 0 Å². The molecule has 0 saturated heterocycles. The number of hydrogen-bond donors (Lipinski definition) is 0. The number of anilines is 3. The molecule has 0 amide bonds. The van der Waals surface area contributed by atoms with Gasteiger partial charge in [-0.05, 0) is 99.4 Å². The van der Waals surface area contributed by atoms with Crippen LogP contribution < -0.4 is 4.90 Å². The third-order valence-corrected chi connectivity index (χ3v) is 13.8. The lowest BCUT2D eigenvalue weighted by atomic mass is 9.95. The Morgan fingerprint density at radius 3 is 1.51 bits per heavy atom. The predicted molar refractivity (Wildman–Crippen MR) is 283 cm³/mol. The van der Waals surface area contributed by atoms with Gasteiger partial charge in [0, 0.05) is 78.8 Å². The lowest BCUT2D eigenvalue weighted by Gasteiger charge is -2.26. The molecule has 0 radical (unpaired) electrons. The molecule has 0 fully saturated rings. The van der Waals surface area contributed by atoms with Gasteiger partial charge in [-0.3, -0.25) is 0 Å². The normalized spacial score (nSPS) is 11.8. The predicted octanol–water partition coefficient (Wildman–Crippen LogP) is 18.2. The maximum atomic E-state index is 6.43. The first-order valence-electron chi connectivity index (χ1n) is 23.1. The van der Waals surface area contributed by atoms with E-state index in [0.29, 0.717) is 0 Å². The van der Waals surface area contributed by atoms with E-state index in [1.54, 1.807) is 0 Å². The highest BCUT2D eigenvalue weighted by Gasteiger charge is 2.21. The van der Waals surface area contributed by atoms with E-state index in [2.05, 4.69) is 228 Å². The molecule has 4 heterocycles.